The van der Waals surface area contributed by atoms with Crippen molar-refractivity contribution >= 4 is 75.4 Å². The summed E-state index contributed by atoms with van der Waals surface area (Å²) in [6, 6.07) is 30.5. The van der Waals surface area contributed by atoms with Crippen LogP contribution >= 0.6 is 34.4 Å². The van der Waals surface area contributed by atoms with Gasteiger partial charge in [-0.25, -0.2) is 4.90 Å². The van der Waals surface area contributed by atoms with Crippen molar-refractivity contribution in [2.45, 2.75) is 23.5 Å². The van der Waals surface area contributed by atoms with Gasteiger partial charge in [0, 0.05) is 26.1 Å². The minimum Gasteiger partial charge on any atom is -0.321 e. The highest BCUT2D eigenvalue weighted by Crippen LogP contribution is 2.35. The molecule has 0 saturated carbocycles. The largest absolute Gasteiger partial charge is 0.321 e. The molecule has 4 amide bonds. The topological polar surface area (TPSA) is 95.6 Å². The Bertz CT molecular complexity index is 1690. The van der Waals surface area contributed by atoms with Crippen molar-refractivity contribution in [3.63, 3.8) is 0 Å². The highest BCUT2D eigenvalue weighted by molar-refractivity contribution is 14.1. The van der Waals surface area contributed by atoms with Gasteiger partial charge in [-0.15, -0.1) is 11.8 Å². The number of halogens is 1. The highest BCUT2D eigenvalue weighted by atomic mass is 127. The number of nitrogens with zero attached hydrogens (tertiary/aromatic N) is 1. The molecule has 4 aromatic carbocycles. The highest BCUT2D eigenvalue weighted by Gasteiger charge is 2.40. The molecular weight excluding hydrogens is 661 g/mol. The lowest BCUT2D eigenvalue weighted by Gasteiger charge is -2.15. The number of imide groups is 1. The minimum atomic E-state index is -0.579. The second-order valence-electron chi connectivity index (χ2n) is 9.57. The zero-order valence-electron chi connectivity index (χ0n) is 22.5. The first-order valence-corrected chi connectivity index (χ1v) is 15.1. The van der Waals surface area contributed by atoms with Crippen LogP contribution < -0.4 is 15.5 Å². The third kappa shape index (κ3) is 6.97. The van der Waals surface area contributed by atoms with E-state index in [0.717, 1.165) is 19.6 Å². The summed E-state index contributed by atoms with van der Waals surface area (Å²) in [7, 11) is 0. The average molecular weight is 688 g/mol. The molecule has 0 radical (unpaired) electrons. The van der Waals surface area contributed by atoms with Crippen molar-refractivity contribution in [3.8, 4) is 0 Å². The van der Waals surface area contributed by atoms with Crippen LogP contribution in [0.4, 0.5) is 11.4 Å². The number of carbonyl (C=O) groups excluding carboxylic acids is 4. The summed E-state index contributed by atoms with van der Waals surface area (Å²) in [4.78, 5) is 54.2. The van der Waals surface area contributed by atoms with Crippen molar-refractivity contribution in [1.82, 2.24) is 5.32 Å². The number of thioether (sulfide) groups is 1. The zero-order chi connectivity index (χ0) is 29.6. The van der Waals surface area contributed by atoms with Gasteiger partial charge in [0.2, 0.25) is 11.8 Å². The van der Waals surface area contributed by atoms with Crippen molar-refractivity contribution in [2.75, 3.05) is 10.2 Å². The summed E-state index contributed by atoms with van der Waals surface area (Å²) in [5.41, 5.74) is 3.30. The van der Waals surface area contributed by atoms with E-state index in [2.05, 4.69) is 33.2 Å². The summed E-state index contributed by atoms with van der Waals surface area (Å²) in [6.45, 7) is 1.93. The van der Waals surface area contributed by atoms with Gasteiger partial charge in [0.25, 0.3) is 11.8 Å². The number of benzene rings is 4. The number of nitrogens with one attached hydrogen (secondary N) is 2. The fourth-order valence-electron chi connectivity index (χ4n) is 4.41. The van der Waals surface area contributed by atoms with Gasteiger partial charge in [-0.05, 0) is 101 Å². The van der Waals surface area contributed by atoms with E-state index in [1.54, 1.807) is 60.7 Å². The molecule has 1 aliphatic rings. The van der Waals surface area contributed by atoms with E-state index < -0.39 is 17.1 Å². The van der Waals surface area contributed by atoms with E-state index in [0.29, 0.717) is 16.9 Å². The van der Waals surface area contributed by atoms with E-state index in [4.69, 9.17) is 0 Å². The van der Waals surface area contributed by atoms with Crippen LogP contribution in [0.25, 0.3) is 6.08 Å². The molecule has 7 nitrogen and oxygen atoms in total. The lowest BCUT2D eigenvalue weighted by atomic mass is 10.1. The molecular formula is C33H26IN3O4S. The number of anilines is 2. The van der Waals surface area contributed by atoms with Gasteiger partial charge in [0.1, 0.15) is 5.70 Å². The Hall–Kier alpha value is -4.22. The lowest BCUT2D eigenvalue weighted by molar-refractivity contribution is -0.121. The molecule has 0 unspecified atom stereocenters. The van der Waals surface area contributed by atoms with Crippen LogP contribution in [-0.4, -0.2) is 28.9 Å². The smallest absolute Gasteiger partial charge is 0.272 e. The van der Waals surface area contributed by atoms with Crippen LogP contribution in [0.1, 0.15) is 27.9 Å². The Kier molecular flexibility index (Phi) is 9.19. The number of carbonyl (C=O) groups is 4. The fourth-order valence-corrected chi connectivity index (χ4v) is 5.89. The van der Waals surface area contributed by atoms with Crippen molar-refractivity contribution in [1.29, 1.82) is 0 Å². The molecule has 0 spiro atoms. The Morgan fingerprint density at radius 1 is 0.905 bits per heavy atom. The Morgan fingerprint density at radius 3 is 2.36 bits per heavy atom. The average Bonchev–Trinajstić information content (AvgIpc) is 3.26. The van der Waals surface area contributed by atoms with Crippen LogP contribution in [0.3, 0.4) is 0 Å². The molecule has 42 heavy (non-hydrogen) atoms. The second-order valence-corrected chi connectivity index (χ2v) is 12.1. The Labute approximate surface area is 261 Å². The second kappa shape index (κ2) is 13.2. The molecule has 1 fully saturated rings. The van der Waals surface area contributed by atoms with Gasteiger partial charge < -0.3 is 10.6 Å². The van der Waals surface area contributed by atoms with Crippen molar-refractivity contribution < 1.29 is 19.2 Å². The zero-order valence-corrected chi connectivity index (χ0v) is 25.5. The molecule has 1 saturated heterocycles. The van der Waals surface area contributed by atoms with Crippen molar-refractivity contribution in [2.24, 2.45) is 0 Å². The van der Waals surface area contributed by atoms with E-state index in [-0.39, 0.29) is 23.9 Å². The summed E-state index contributed by atoms with van der Waals surface area (Å²) in [5, 5.41) is 5.04. The number of amides is 4. The maximum Gasteiger partial charge on any atom is 0.272 e. The summed E-state index contributed by atoms with van der Waals surface area (Å²) in [6.07, 6.45) is 1.73. The molecule has 1 atom stereocenters. The number of aryl methyl sites for hydroxylation is 1. The van der Waals surface area contributed by atoms with Crippen LogP contribution in [-0.2, 0) is 14.4 Å². The van der Waals surface area contributed by atoms with E-state index in [1.807, 2.05) is 55.5 Å². The monoisotopic (exact) mass is 687 g/mol. The van der Waals surface area contributed by atoms with Gasteiger partial charge in [-0.3, -0.25) is 19.2 Å². The molecule has 5 rings (SSSR count). The third-order valence-corrected chi connectivity index (χ3v) is 8.48. The van der Waals surface area contributed by atoms with Gasteiger partial charge in [-0.2, -0.15) is 0 Å². The Morgan fingerprint density at radius 2 is 1.62 bits per heavy atom. The van der Waals surface area contributed by atoms with Gasteiger partial charge >= 0.3 is 0 Å². The lowest BCUT2D eigenvalue weighted by Crippen LogP contribution is -2.31. The minimum absolute atomic E-state index is 0.0842. The summed E-state index contributed by atoms with van der Waals surface area (Å²) in [5.74, 6) is -1.42. The fraction of sp³-hybridized carbons (Fsp3) is 0.0909. The molecule has 0 aliphatic carbocycles. The van der Waals surface area contributed by atoms with E-state index in [1.165, 1.54) is 16.7 Å². The first kappa shape index (κ1) is 29.3. The molecule has 0 bridgehead atoms. The summed E-state index contributed by atoms with van der Waals surface area (Å²) >= 11 is 3.45. The SMILES string of the molecule is Cc1ccccc1/C=C(\NC(=O)c1ccccc1)C(=O)Nc1cccc(S[C@@H]2CC(=O)N(c3ccc(I)cc3)C2=O)c1. The maximum atomic E-state index is 13.5. The number of rotatable bonds is 8. The van der Waals surface area contributed by atoms with Crippen LogP contribution in [0.5, 0.6) is 0 Å². The first-order chi connectivity index (χ1) is 20.3. The van der Waals surface area contributed by atoms with Gasteiger partial charge in [-0.1, -0.05) is 48.5 Å². The first-order valence-electron chi connectivity index (χ1n) is 13.1. The summed E-state index contributed by atoms with van der Waals surface area (Å²) < 4.78 is 1.01. The van der Waals surface area contributed by atoms with Gasteiger partial charge in [0.15, 0.2) is 0 Å². The van der Waals surface area contributed by atoms with Gasteiger partial charge in [0.05, 0.1) is 10.9 Å². The molecule has 1 aliphatic heterocycles. The Balaban J connectivity index is 1.33. The van der Waals surface area contributed by atoms with Crippen LogP contribution in [0.15, 0.2) is 114 Å². The molecule has 0 aromatic heterocycles. The standard InChI is InChI=1S/C33H26IN3O4S/c1-21-8-5-6-11-23(21)18-28(36-31(39)22-9-3-2-4-10-22)32(40)35-25-12-7-13-27(19-25)42-29-20-30(38)37(33(29)41)26-16-14-24(34)15-17-26/h2-19,29H,20H2,1H3,(H,35,40)(H,36,39)/b28-18-/t29-/m1/s1. The quantitative estimate of drug-likeness (QED) is 0.127. The molecule has 210 valence electrons. The predicted octanol–water partition coefficient (Wildman–Crippen LogP) is 6.43. The third-order valence-electron chi connectivity index (χ3n) is 6.58. The number of hydrogen-bond acceptors (Lipinski definition) is 5. The van der Waals surface area contributed by atoms with E-state index in [9.17, 15) is 19.2 Å². The normalized spacial score (nSPS) is 15.0. The molecule has 1 heterocycles. The number of hydrogen-bond donors (Lipinski definition) is 2. The van der Waals surface area contributed by atoms with E-state index >= 15 is 0 Å². The van der Waals surface area contributed by atoms with Crippen LogP contribution in [0, 0.1) is 10.5 Å². The predicted molar refractivity (Wildman–Crippen MR) is 174 cm³/mol. The van der Waals surface area contributed by atoms with Crippen molar-refractivity contribution in [3.05, 3.63) is 129 Å². The maximum absolute atomic E-state index is 13.5. The molecule has 4 aromatic rings. The molecule has 2 N–H and O–H groups in total. The van der Waals surface area contributed by atoms with Crippen LogP contribution in [0.2, 0.25) is 0 Å². The molecule has 9 heteroatoms.